The monoisotopic (exact) mass is 504 g/mol. The van der Waals surface area contributed by atoms with Gasteiger partial charge in [-0.3, -0.25) is 9.69 Å². The highest BCUT2D eigenvalue weighted by Gasteiger charge is 2.42. The number of fused-ring (bicyclic) bond motifs is 2. The van der Waals surface area contributed by atoms with Gasteiger partial charge in [0.1, 0.15) is 17.3 Å². The molecule has 1 saturated carbocycles. The van der Waals surface area contributed by atoms with E-state index in [0.29, 0.717) is 30.1 Å². The molecule has 4 heterocycles. The summed E-state index contributed by atoms with van der Waals surface area (Å²) >= 11 is 0. The normalized spacial score (nSPS) is 21.3. The number of carbonyl (C=O) groups is 1. The number of guanidine groups is 1. The minimum atomic E-state index is -0.126. The molecule has 198 valence electrons. The second-order valence-electron chi connectivity index (χ2n) is 10.6. The standard InChI is InChI=1S/C28H40N8O/c1-5-34(6-2)22-12-15-35(18-22)21-10-11-24(30-17-21)32-27(29-4)33-25-20(3)16-23-26(37)31-19-28(36(23)25)13-8-7-9-14-28/h10-11,16-17,22H,4-9,12-15,18-19H2,1-3H3,(H,31,37)(H,30,32,33). The van der Waals surface area contributed by atoms with Crippen LogP contribution < -0.4 is 15.5 Å². The first-order valence-corrected chi connectivity index (χ1v) is 13.8. The van der Waals surface area contributed by atoms with Gasteiger partial charge in [-0.2, -0.15) is 4.99 Å². The molecule has 1 saturated heterocycles. The minimum Gasteiger partial charge on any atom is -0.369 e. The summed E-state index contributed by atoms with van der Waals surface area (Å²) in [7, 11) is 0. The van der Waals surface area contributed by atoms with Gasteiger partial charge in [0.15, 0.2) is 0 Å². The highest BCUT2D eigenvalue weighted by atomic mass is 16.2. The number of anilines is 2. The molecule has 0 radical (unpaired) electrons. The predicted octanol–water partition coefficient (Wildman–Crippen LogP) is 4.32. The number of amides is 1. The van der Waals surface area contributed by atoms with E-state index in [1.54, 1.807) is 0 Å². The first-order chi connectivity index (χ1) is 18.0. The van der Waals surface area contributed by atoms with Crippen LogP contribution in [0.25, 0.3) is 0 Å². The van der Waals surface area contributed by atoms with Crippen molar-refractivity contribution in [2.24, 2.45) is 9.98 Å². The number of hydrogen-bond acceptors (Lipinski definition) is 5. The molecule has 1 amide bonds. The summed E-state index contributed by atoms with van der Waals surface area (Å²) in [6, 6.07) is 6.62. The molecule has 2 aliphatic heterocycles. The van der Waals surface area contributed by atoms with Crippen molar-refractivity contribution in [1.82, 2.24) is 19.8 Å². The number of nitrogens with zero attached hydrogens (tertiary/aromatic N) is 6. The van der Waals surface area contributed by atoms with Gasteiger partial charge >= 0.3 is 0 Å². The number of nitrogens with one attached hydrogen (secondary N) is 2. The van der Waals surface area contributed by atoms with E-state index in [4.69, 9.17) is 4.99 Å². The molecule has 9 heteroatoms. The molecule has 1 spiro atoms. The number of rotatable bonds is 6. The van der Waals surface area contributed by atoms with E-state index >= 15 is 0 Å². The topological polar surface area (TPSA) is 90.1 Å². The largest absolute Gasteiger partial charge is 0.369 e. The molecule has 3 aliphatic rings. The van der Waals surface area contributed by atoms with E-state index < -0.39 is 0 Å². The highest BCUT2D eigenvalue weighted by Crippen LogP contribution is 2.42. The summed E-state index contributed by atoms with van der Waals surface area (Å²) in [6.45, 7) is 15.1. The number of likely N-dealkylation sites (N-methyl/N-ethyl adjacent to an activating group) is 1. The van der Waals surface area contributed by atoms with Crippen LogP contribution >= 0.6 is 0 Å². The molecular weight excluding hydrogens is 464 g/mol. The van der Waals surface area contributed by atoms with E-state index in [1.807, 2.05) is 25.3 Å². The van der Waals surface area contributed by atoms with Crippen LogP contribution in [0.5, 0.6) is 0 Å². The van der Waals surface area contributed by atoms with Crippen molar-refractivity contribution in [1.29, 1.82) is 0 Å². The van der Waals surface area contributed by atoms with Crippen molar-refractivity contribution in [3.05, 3.63) is 35.7 Å². The van der Waals surface area contributed by atoms with Crippen LogP contribution in [-0.2, 0) is 5.54 Å². The van der Waals surface area contributed by atoms with Crippen LogP contribution in [0, 0.1) is 6.92 Å². The van der Waals surface area contributed by atoms with E-state index in [9.17, 15) is 4.79 Å². The average Bonchev–Trinajstić information content (AvgIpc) is 3.54. The molecule has 1 unspecified atom stereocenters. The second kappa shape index (κ2) is 10.7. The van der Waals surface area contributed by atoms with Crippen molar-refractivity contribution in [3.8, 4) is 0 Å². The number of pyridine rings is 1. The molecule has 1 aliphatic carbocycles. The third kappa shape index (κ3) is 4.89. The maximum atomic E-state index is 12.7. The van der Waals surface area contributed by atoms with Crippen LogP contribution in [0.4, 0.5) is 17.3 Å². The van der Waals surface area contributed by atoms with Crippen LogP contribution in [0.1, 0.15) is 68.4 Å². The van der Waals surface area contributed by atoms with Gasteiger partial charge < -0.3 is 20.1 Å². The van der Waals surface area contributed by atoms with Crippen LogP contribution in [0.3, 0.4) is 0 Å². The zero-order chi connectivity index (χ0) is 26.0. The second-order valence-corrected chi connectivity index (χ2v) is 10.6. The summed E-state index contributed by atoms with van der Waals surface area (Å²) in [6.07, 6.45) is 8.72. The van der Waals surface area contributed by atoms with Crippen LogP contribution in [0.2, 0.25) is 0 Å². The Morgan fingerprint density at radius 3 is 2.73 bits per heavy atom. The summed E-state index contributed by atoms with van der Waals surface area (Å²) < 4.78 is 2.17. The Hall–Kier alpha value is -3.20. The van der Waals surface area contributed by atoms with Gasteiger partial charge in [0.25, 0.3) is 5.91 Å². The van der Waals surface area contributed by atoms with E-state index in [-0.39, 0.29) is 11.4 Å². The first kappa shape index (κ1) is 25.4. The molecular formula is C28H40N8O. The summed E-state index contributed by atoms with van der Waals surface area (Å²) in [4.78, 5) is 31.3. The molecule has 0 aromatic carbocycles. The Morgan fingerprint density at radius 1 is 1.27 bits per heavy atom. The molecule has 2 aromatic heterocycles. The Balaban J connectivity index is 1.36. The Bertz CT molecular complexity index is 1160. The number of aliphatic imine (C=N–C) groups is 2. The van der Waals surface area contributed by atoms with Crippen molar-refractivity contribution in [3.63, 3.8) is 0 Å². The minimum absolute atomic E-state index is 0.0378. The third-order valence-electron chi connectivity index (χ3n) is 8.43. The molecule has 5 rings (SSSR count). The van der Waals surface area contributed by atoms with Crippen LogP contribution in [-0.4, -0.2) is 71.8 Å². The van der Waals surface area contributed by atoms with Gasteiger partial charge in [0, 0.05) is 25.7 Å². The lowest BCUT2D eigenvalue weighted by molar-refractivity contribution is 0.0830. The van der Waals surface area contributed by atoms with E-state index in [0.717, 1.165) is 68.9 Å². The van der Waals surface area contributed by atoms with Crippen molar-refractivity contribution < 1.29 is 4.79 Å². The Kier molecular flexibility index (Phi) is 7.33. The van der Waals surface area contributed by atoms with Gasteiger partial charge in [-0.15, -0.1) is 0 Å². The zero-order valence-electron chi connectivity index (χ0n) is 22.5. The quantitative estimate of drug-likeness (QED) is 0.452. The fourth-order valence-corrected chi connectivity index (χ4v) is 6.41. The average molecular weight is 505 g/mol. The SMILES string of the molecule is C=N/C(=N\c1c(C)cc2n1C1(CCCCC1)CNC2=O)Nc1ccc(N2CCC(N(CC)CC)C2)cn1. The maximum absolute atomic E-state index is 12.7. The summed E-state index contributed by atoms with van der Waals surface area (Å²) in [5.74, 6) is 1.79. The Morgan fingerprint density at radius 2 is 2.05 bits per heavy atom. The molecule has 1 atom stereocenters. The zero-order valence-corrected chi connectivity index (χ0v) is 22.5. The van der Waals surface area contributed by atoms with Crippen molar-refractivity contribution in [2.75, 3.05) is 42.9 Å². The fraction of sp³-hybridized carbons (Fsp3) is 0.571. The lowest BCUT2D eigenvalue weighted by atomic mass is 9.80. The number of carbonyl (C=O) groups excluding carboxylic acids is 1. The van der Waals surface area contributed by atoms with E-state index in [2.05, 4.69) is 61.6 Å². The van der Waals surface area contributed by atoms with E-state index in [1.165, 1.54) is 12.8 Å². The van der Waals surface area contributed by atoms with Gasteiger partial charge in [0.2, 0.25) is 5.96 Å². The van der Waals surface area contributed by atoms with Crippen LogP contribution in [0.15, 0.2) is 34.4 Å². The molecule has 2 N–H and O–H groups in total. The Labute approximate surface area is 220 Å². The molecule has 2 aromatic rings. The first-order valence-electron chi connectivity index (χ1n) is 13.8. The number of aromatic nitrogens is 2. The highest BCUT2D eigenvalue weighted by molar-refractivity contribution is 5.99. The van der Waals surface area contributed by atoms with Gasteiger partial charge in [-0.05, 0) is 69.8 Å². The molecule has 0 bridgehead atoms. The van der Waals surface area contributed by atoms with Gasteiger partial charge in [0.05, 0.1) is 17.4 Å². The smallest absolute Gasteiger partial charge is 0.268 e. The lowest BCUT2D eigenvalue weighted by Crippen LogP contribution is -2.52. The molecule has 2 fully saturated rings. The van der Waals surface area contributed by atoms with Gasteiger partial charge in [-0.25, -0.2) is 9.98 Å². The van der Waals surface area contributed by atoms with Gasteiger partial charge in [-0.1, -0.05) is 33.1 Å². The molecule has 37 heavy (non-hydrogen) atoms. The maximum Gasteiger partial charge on any atom is 0.268 e. The number of hydrogen-bond donors (Lipinski definition) is 2. The van der Waals surface area contributed by atoms with Crippen molar-refractivity contribution in [2.45, 2.75) is 70.9 Å². The third-order valence-corrected chi connectivity index (χ3v) is 8.43. The number of aryl methyl sites for hydroxylation is 1. The summed E-state index contributed by atoms with van der Waals surface area (Å²) in [5.41, 5.74) is 2.65. The lowest BCUT2D eigenvalue weighted by Gasteiger charge is -2.43. The molecule has 9 nitrogen and oxygen atoms in total. The summed E-state index contributed by atoms with van der Waals surface area (Å²) in [5, 5.41) is 6.35. The van der Waals surface area contributed by atoms with Crippen molar-refractivity contribution >= 4 is 35.9 Å². The fourth-order valence-electron chi connectivity index (χ4n) is 6.41. The predicted molar refractivity (Wildman–Crippen MR) is 151 cm³/mol.